The molecule has 1 heterocycles. The Hall–Kier alpha value is -2.70. The zero-order valence-corrected chi connectivity index (χ0v) is 18.6. The average molecular weight is 551 g/mol. The highest BCUT2D eigenvalue weighted by molar-refractivity contribution is 14.0. The van der Waals surface area contributed by atoms with Gasteiger partial charge in [0, 0.05) is 32.5 Å². The molecule has 2 aromatic carbocycles. The fourth-order valence-electron chi connectivity index (χ4n) is 2.82. The molecule has 0 saturated carbocycles. The van der Waals surface area contributed by atoms with Crippen LogP contribution < -0.4 is 10.6 Å². The zero-order chi connectivity index (χ0) is 21.7. The minimum atomic E-state index is -4.68. The average Bonchev–Trinajstić information content (AvgIpc) is 3.22. The quantitative estimate of drug-likeness (QED) is 0.210. The van der Waals surface area contributed by atoms with Gasteiger partial charge in [-0.05, 0) is 35.4 Å². The molecule has 0 unspecified atom stereocenters. The topological polar surface area (TPSA) is 54.2 Å². The van der Waals surface area contributed by atoms with E-state index in [-0.39, 0.29) is 48.6 Å². The smallest absolute Gasteiger partial charge is 0.352 e. The Balaban J connectivity index is 0.00000341. The van der Waals surface area contributed by atoms with Crippen LogP contribution in [0.15, 0.2) is 60.1 Å². The Labute approximate surface area is 192 Å². The normalized spacial score (nSPS) is 11.7. The van der Waals surface area contributed by atoms with Gasteiger partial charge >= 0.3 is 6.18 Å². The van der Waals surface area contributed by atoms with Crippen LogP contribution in [0.1, 0.15) is 16.7 Å². The molecule has 0 aliphatic rings. The molecular weight excluding hydrogens is 532 g/mol. The first-order chi connectivity index (χ1) is 14.3. The van der Waals surface area contributed by atoms with Gasteiger partial charge in [0.15, 0.2) is 5.96 Å². The summed E-state index contributed by atoms with van der Waals surface area (Å²) in [4.78, 5) is 7.81. The van der Waals surface area contributed by atoms with Gasteiger partial charge in [-0.25, -0.2) is 13.8 Å². The van der Waals surface area contributed by atoms with Crippen LogP contribution in [0.25, 0.3) is 5.69 Å². The lowest BCUT2D eigenvalue weighted by atomic mass is 10.1. The van der Waals surface area contributed by atoms with Crippen LogP contribution in [-0.2, 0) is 19.3 Å². The van der Waals surface area contributed by atoms with Gasteiger partial charge in [-0.2, -0.15) is 13.2 Å². The van der Waals surface area contributed by atoms with Gasteiger partial charge in [-0.3, -0.25) is 4.99 Å². The number of nitrogens with zero attached hydrogens (tertiary/aromatic N) is 3. The van der Waals surface area contributed by atoms with E-state index in [2.05, 4.69) is 20.6 Å². The number of aliphatic imine (C=N–C) groups is 1. The van der Waals surface area contributed by atoms with E-state index >= 15 is 0 Å². The van der Waals surface area contributed by atoms with Crippen molar-refractivity contribution >= 4 is 29.9 Å². The Morgan fingerprint density at radius 1 is 1.06 bits per heavy atom. The summed E-state index contributed by atoms with van der Waals surface area (Å²) < 4.78 is 68.3. The van der Waals surface area contributed by atoms with Crippen molar-refractivity contribution in [3.63, 3.8) is 0 Å². The van der Waals surface area contributed by atoms with Crippen LogP contribution in [0.5, 0.6) is 0 Å². The Morgan fingerprint density at radius 2 is 1.81 bits per heavy atom. The molecule has 31 heavy (non-hydrogen) atoms. The van der Waals surface area contributed by atoms with Gasteiger partial charge in [-0.15, -0.1) is 24.0 Å². The van der Waals surface area contributed by atoms with Gasteiger partial charge < -0.3 is 15.2 Å². The summed E-state index contributed by atoms with van der Waals surface area (Å²) >= 11 is 0. The van der Waals surface area contributed by atoms with Crippen LogP contribution >= 0.6 is 24.0 Å². The van der Waals surface area contributed by atoms with Crippen molar-refractivity contribution in [1.82, 2.24) is 20.2 Å². The summed E-state index contributed by atoms with van der Waals surface area (Å²) in [6, 6.07) is 7.14. The van der Waals surface area contributed by atoms with E-state index in [4.69, 9.17) is 0 Å². The van der Waals surface area contributed by atoms with E-state index in [9.17, 15) is 22.0 Å². The third-order valence-corrected chi connectivity index (χ3v) is 4.30. The second-order valence-electron chi connectivity index (χ2n) is 6.33. The summed E-state index contributed by atoms with van der Waals surface area (Å²) in [5, 5.41) is 5.65. The maximum Gasteiger partial charge on any atom is 0.416 e. The van der Waals surface area contributed by atoms with Crippen LogP contribution in [0.4, 0.5) is 22.0 Å². The molecule has 0 aliphatic carbocycles. The second-order valence-corrected chi connectivity index (χ2v) is 6.33. The molecular formula is C20H19F5IN5. The molecule has 3 aromatic rings. The number of hydrogen-bond acceptors (Lipinski definition) is 2. The van der Waals surface area contributed by atoms with Gasteiger partial charge in [0.1, 0.15) is 11.6 Å². The lowest BCUT2D eigenvalue weighted by Gasteiger charge is -2.16. The third-order valence-electron chi connectivity index (χ3n) is 4.30. The number of halogens is 6. The molecule has 0 saturated heterocycles. The van der Waals surface area contributed by atoms with Crippen molar-refractivity contribution in [2.45, 2.75) is 19.3 Å². The van der Waals surface area contributed by atoms with Crippen LogP contribution in [0.3, 0.4) is 0 Å². The van der Waals surface area contributed by atoms with Gasteiger partial charge in [-0.1, -0.05) is 12.1 Å². The number of guanidine groups is 1. The monoisotopic (exact) mass is 551 g/mol. The molecule has 1 aromatic heterocycles. The molecule has 0 bridgehead atoms. The van der Waals surface area contributed by atoms with Gasteiger partial charge in [0.05, 0.1) is 17.6 Å². The zero-order valence-electron chi connectivity index (χ0n) is 16.3. The van der Waals surface area contributed by atoms with E-state index in [1.165, 1.54) is 30.2 Å². The number of hydrogen-bond donors (Lipinski definition) is 2. The molecule has 0 atom stereocenters. The summed E-state index contributed by atoms with van der Waals surface area (Å²) in [6.45, 7) is -0.0287. The van der Waals surface area contributed by atoms with E-state index in [0.29, 0.717) is 17.3 Å². The highest BCUT2D eigenvalue weighted by Gasteiger charge is 2.33. The fraction of sp³-hybridized carbons (Fsp3) is 0.200. The highest BCUT2D eigenvalue weighted by atomic mass is 127. The molecule has 0 aliphatic heterocycles. The van der Waals surface area contributed by atoms with Crippen molar-refractivity contribution in [1.29, 1.82) is 0 Å². The Morgan fingerprint density at radius 3 is 2.42 bits per heavy atom. The summed E-state index contributed by atoms with van der Waals surface area (Å²) in [5.41, 5.74) is -0.225. The molecule has 0 spiro atoms. The highest BCUT2D eigenvalue weighted by Crippen LogP contribution is 2.32. The largest absolute Gasteiger partial charge is 0.416 e. The van der Waals surface area contributed by atoms with E-state index < -0.39 is 23.4 Å². The summed E-state index contributed by atoms with van der Waals surface area (Å²) in [5.74, 6) is -1.20. The number of imidazole rings is 1. The van der Waals surface area contributed by atoms with Crippen molar-refractivity contribution < 1.29 is 22.0 Å². The lowest BCUT2D eigenvalue weighted by Crippen LogP contribution is -2.36. The minimum absolute atomic E-state index is 0. The minimum Gasteiger partial charge on any atom is -0.352 e. The Bertz CT molecular complexity index is 1030. The van der Waals surface area contributed by atoms with E-state index in [1.54, 1.807) is 18.3 Å². The lowest BCUT2D eigenvalue weighted by molar-refractivity contribution is -0.138. The first-order valence-corrected chi connectivity index (χ1v) is 8.85. The van der Waals surface area contributed by atoms with E-state index in [0.717, 1.165) is 12.1 Å². The van der Waals surface area contributed by atoms with Gasteiger partial charge in [0.25, 0.3) is 0 Å². The number of alkyl halides is 3. The molecule has 2 N–H and O–H groups in total. The predicted octanol–water partition coefficient (Wildman–Crippen LogP) is 4.65. The first kappa shape index (κ1) is 24.6. The molecule has 11 heteroatoms. The maximum absolute atomic E-state index is 14.3. The standard InChI is InChI=1S/C20H18F5N5.HI/c1-26-19(29-11-14-3-4-15(21)9-16(14)20(23,24)25)28-10-13-2-5-18(17(22)8-13)30-7-6-27-12-30;/h2-9,12H,10-11H2,1H3,(H2,26,28,29);1H. The van der Waals surface area contributed by atoms with Crippen molar-refractivity contribution in [2.24, 2.45) is 4.99 Å². The fourth-order valence-corrected chi connectivity index (χ4v) is 2.82. The Kier molecular flexibility index (Phi) is 8.36. The third kappa shape index (κ3) is 6.39. The predicted molar refractivity (Wildman–Crippen MR) is 117 cm³/mol. The van der Waals surface area contributed by atoms with Crippen LogP contribution in [0, 0.1) is 11.6 Å². The van der Waals surface area contributed by atoms with Crippen molar-refractivity contribution in [3.05, 3.63) is 83.4 Å². The summed E-state index contributed by atoms with van der Waals surface area (Å²) in [6.07, 6.45) is -0.0417. The summed E-state index contributed by atoms with van der Waals surface area (Å²) in [7, 11) is 1.45. The second kappa shape index (κ2) is 10.6. The van der Waals surface area contributed by atoms with Crippen molar-refractivity contribution in [3.8, 4) is 5.69 Å². The molecule has 0 radical (unpaired) electrons. The van der Waals surface area contributed by atoms with Crippen LogP contribution in [-0.4, -0.2) is 22.6 Å². The molecule has 0 amide bonds. The SMILES string of the molecule is CN=C(NCc1ccc(-n2ccnc2)c(F)c1)NCc1ccc(F)cc1C(F)(F)F.I. The molecule has 3 rings (SSSR count). The van der Waals surface area contributed by atoms with E-state index in [1.807, 2.05) is 0 Å². The molecule has 5 nitrogen and oxygen atoms in total. The van der Waals surface area contributed by atoms with Crippen molar-refractivity contribution in [2.75, 3.05) is 7.05 Å². The molecule has 166 valence electrons. The van der Waals surface area contributed by atoms with Crippen LogP contribution in [0.2, 0.25) is 0 Å². The number of aromatic nitrogens is 2. The number of nitrogens with one attached hydrogen (secondary N) is 2. The molecule has 0 fully saturated rings. The maximum atomic E-state index is 14.3. The van der Waals surface area contributed by atoms with Gasteiger partial charge in [0.2, 0.25) is 0 Å². The first-order valence-electron chi connectivity index (χ1n) is 8.85. The number of benzene rings is 2. The number of rotatable bonds is 5.